The number of ether oxygens (including phenoxy) is 1. The van der Waals surface area contributed by atoms with E-state index in [4.69, 9.17) is 10.00 Å². The Morgan fingerprint density at radius 3 is 2.14 bits per heavy atom. The molecular weight excluding hydrogens is 362 g/mol. The fourth-order valence-corrected chi connectivity index (χ4v) is 1.91. The Labute approximate surface area is 164 Å². The van der Waals surface area contributed by atoms with Crippen molar-refractivity contribution in [1.29, 1.82) is 5.26 Å². The molecule has 150 valence electrons. The highest BCUT2D eigenvalue weighted by Crippen LogP contribution is 2.14. The predicted octanol–water partition coefficient (Wildman–Crippen LogP) is 2.11. The fourth-order valence-electron chi connectivity index (χ4n) is 1.91. The predicted molar refractivity (Wildman–Crippen MR) is 105 cm³/mol. The van der Waals surface area contributed by atoms with Gasteiger partial charge >= 0.3 is 6.09 Å². The summed E-state index contributed by atoms with van der Waals surface area (Å²) in [6.45, 7) is 7.26. The van der Waals surface area contributed by atoms with Crippen LogP contribution in [0.5, 0.6) is 0 Å². The molecule has 0 heterocycles. The molecule has 0 radical (unpaired) electrons. The van der Waals surface area contributed by atoms with Crippen molar-refractivity contribution in [2.24, 2.45) is 0 Å². The standard InChI is InChI=1S/C19H25N5O4/c1-13(25)23-15-5-7-16(8-6-15)24-17(26)14(11-20)12-21-9-10-22-18(27)28-19(2,3)4/h5-8,12,21H,9-10H2,1-4H3,(H,22,27)(H,23,25)(H,24,26)/b14-12-. The summed E-state index contributed by atoms with van der Waals surface area (Å²) >= 11 is 0. The van der Waals surface area contributed by atoms with Gasteiger partial charge in [0.2, 0.25) is 5.91 Å². The second-order valence-electron chi connectivity index (χ2n) is 6.77. The molecular formula is C19H25N5O4. The highest BCUT2D eigenvalue weighted by Gasteiger charge is 2.15. The Hall–Kier alpha value is -3.54. The van der Waals surface area contributed by atoms with E-state index in [0.29, 0.717) is 17.9 Å². The number of hydrogen-bond donors (Lipinski definition) is 4. The Kier molecular flexibility index (Phi) is 8.49. The number of carbonyl (C=O) groups is 3. The maximum atomic E-state index is 12.1. The number of alkyl carbamates (subject to hydrolysis) is 1. The highest BCUT2D eigenvalue weighted by molar-refractivity contribution is 6.06. The zero-order valence-corrected chi connectivity index (χ0v) is 16.4. The molecule has 4 N–H and O–H groups in total. The molecule has 0 aliphatic heterocycles. The molecule has 1 aromatic carbocycles. The van der Waals surface area contributed by atoms with Crippen LogP contribution >= 0.6 is 0 Å². The lowest BCUT2D eigenvalue weighted by atomic mass is 10.2. The molecule has 0 saturated carbocycles. The van der Waals surface area contributed by atoms with Gasteiger partial charge in [0.1, 0.15) is 17.2 Å². The van der Waals surface area contributed by atoms with E-state index >= 15 is 0 Å². The van der Waals surface area contributed by atoms with E-state index in [1.807, 2.05) is 6.07 Å². The maximum Gasteiger partial charge on any atom is 0.407 e. The fraction of sp³-hybridized carbons (Fsp3) is 0.368. The zero-order chi connectivity index (χ0) is 21.2. The van der Waals surface area contributed by atoms with Crippen LogP contribution in [0.4, 0.5) is 16.2 Å². The SMILES string of the molecule is CC(=O)Nc1ccc(NC(=O)/C(C#N)=C\NCCNC(=O)OC(C)(C)C)cc1. The van der Waals surface area contributed by atoms with Gasteiger partial charge in [-0.25, -0.2) is 4.79 Å². The topological polar surface area (TPSA) is 132 Å². The normalized spacial score (nSPS) is 11.0. The maximum absolute atomic E-state index is 12.1. The van der Waals surface area contributed by atoms with E-state index in [1.165, 1.54) is 13.1 Å². The van der Waals surface area contributed by atoms with Gasteiger partial charge in [0.15, 0.2) is 0 Å². The molecule has 0 atom stereocenters. The van der Waals surface area contributed by atoms with E-state index in [9.17, 15) is 14.4 Å². The number of rotatable bonds is 7. The second-order valence-corrected chi connectivity index (χ2v) is 6.77. The van der Waals surface area contributed by atoms with E-state index in [2.05, 4.69) is 21.3 Å². The van der Waals surface area contributed by atoms with Crippen molar-refractivity contribution in [3.63, 3.8) is 0 Å². The third-order valence-electron chi connectivity index (χ3n) is 3.01. The Balaban J connectivity index is 2.47. The lowest BCUT2D eigenvalue weighted by Gasteiger charge is -2.19. The van der Waals surface area contributed by atoms with Crippen LogP contribution < -0.4 is 21.3 Å². The van der Waals surface area contributed by atoms with Gasteiger partial charge in [-0.1, -0.05) is 0 Å². The summed E-state index contributed by atoms with van der Waals surface area (Å²) in [4.78, 5) is 34.6. The summed E-state index contributed by atoms with van der Waals surface area (Å²) in [6.07, 6.45) is 0.733. The van der Waals surface area contributed by atoms with Gasteiger partial charge in [0, 0.05) is 37.6 Å². The molecule has 0 aromatic heterocycles. The molecule has 28 heavy (non-hydrogen) atoms. The minimum Gasteiger partial charge on any atom is -0.444 e. The first kappa shape index (κ1) is 22.5. The van der Waals surface area contributed by atoms with Crippen LogP contribution in [0.25, 0.3) is 0 Å². The van der Waals surface area contributed by atoms with Crippen molar-refractivity contribution in [2.75, 3.05) is 23.7 Å². The molecule has 0 unspecified atom stereocenters. The lowest BCUT2D eigenvalue weighted by Crippen LogP contribution is -2.35. The van der Waals surface area contributed by atoms with Crippen LogP contribution in [0.1, 0.15) is 27.7 Å². The molecule has 9 nitrogen and oxygen atoms in total. The summed E-state index contributed by atoms with van der Waals surface area (Å²) in [5.41, 5.74) is 0.375. The Morgan fingerprint density at radius 1 is 1.07 bits per heavy atom. The zero-order valence-electron chi connectivity index (χ0n) is 16.4. The number of benzene rings is 1. The number of nitrogens with zero attached hydrogens (tertiary/aromatic N) is 1. The van der Waals surface area contributed by atoms with Gasteiger partial charge in [0.05, 0.1) is 0 Å². The van der Waals surface area contributed by atoms with E-state index < -0.39 is 17.6 Å². The van der Waals surface area contributed by atoms with Gasteiger partial charge < -0.3 is 26.0 Å². The van der Waals surface area contributed by atoms with Crippen LogP contribution in [0.3, 0.4) is 0 Å². The van der Waals surface area contributed by atoms with Crippen LogP contribution in [0.2, 0.25) is 0 Å². The highest BCUT2D eigenvalue weighted by atomic mass is 16.6. The average molecular weight is 387 g/mol. The van der Waals surface area contributed by atoms with Crippen molar-refractivity contribution in [3.05, 3.63) is 36.0 Å². The molecule has 0 bridgehead atoms. The molecule has 0 spiro atoms. The van der Waals surface area contributed by atoms with Crippen LogP contribution in [-0.4, -0.2) is 36.6 Å². The third kappa shape index (κ3) is 9.24. The van der Waals surface area contributed by atoms with E-state index in [1.54, 1.807) is 45.0 Å². The molecule has 0 fully saturated rings. The molecule has 3 amide bonds. The van der Waals surface area contributed by atoms with Crippen molar-refractivity contribution in [3.8, 4) is 6.07 Å². The Morgan fingerprint density at radius 2 is 1.64 bits per heavy atom. The smallest absolute Gasteiger partial charge is 0.407 e. The van der Waals surface area contributed by atoms with Gasteiger partial charge in [-0.05, 0) is 45.0 Å². The number of carbonyl (C=O) groups excluding carboxylic acids is 3. The summed E-state index contributed by atoms with van der Waals surface area (Å²) in [5.74, 6) is -0.777. The van der Waals surface area contributed by atoms with Gasteiger partial charge in [-0.15, -0.1) is 0 Å². The first-order chi connectivity index (χ1) is 13.1. The van der Waals surface area contributed by atoms with Gasteiger partial charge in [-0.3, -0.25) is 9.59 Å². The summed E-state index contributed by atoms with van der Waals surface area (Å²) in [7, 11) is 0. The number of nitrogens with one attached hydrogen (secondary N) is 4. The quantitative estimate of drug-likeness (QED) is 0.322. The van der Waals surface area contributed by atoms with E-state index in [0.717, 1.165) is 0 Å². The molecule has 1 aromatic rings. The second kappa shape index (κ2) is 10.6. The number of nitriles is 1. The van der Waals surface area contributed by atoms with Crippen molar-refractivity contribution < 1.29 is 19.1 Å². The summed E-state index contributed by atoms with van der Waals surface area (Å²) < 4.78 is 5.09. The Bertz CT molecular complexity index is 773. The summed E-state index contributed by atoms with van der Waals surface area (Å²) in [5, 5.41) is 19.7. The van der Waals surface area contributed by atoms with Gasteiger partial charge in [-0.2, -0.15) is 5.26 Å². The first-order valence-electron chi connectivity index (χ1n) is 8.60. The number of anilines is 2. The summed E-state index contributed by atoms with van der Waals surface area (Å²) in [6, 6.07) is 8.29. The average Bonchev–Trinajstić information content (AvgIpc) is 2.57. The van der Waals surface area contributed by atoms with Crippen molar-refractivity contribution >= 4 is 29.3 Å². The molecule has 9 heteroatoms. The van der Waals surface area contributed by atoms with Crippen LogP contribution in [0, 0.1) is 11.3 Å². The number of amides is 3. The monoisotopic (exact) mass is 387 g/mol. The minimum atomic E-state index is -0.581. The molecule has 0 aliphatic rings. The molecule has 0 aliphatic carbocycles. The third-order valence-corrected chi connectivity index (χ3v) is 3.01. The van der Waals surface area contributed by atoms with Gasteiger partial charge in [0.25, 0.3) is 5.91 Å². The number of hydrogen-bond acceptors (Lipinski definition) is 6. The molecule has 0 saturated heterocycles. The van der Waals surface area contributed by atoms with Crippen molar-refractivity contribution in [1.82, 2.24) is 10.6 Å². The van der Waals surface area contributed by atoms with Crippen molar-refractivity contribution in [2.45, 2.75) is 33.3 Å². The largest absolute Gasteiger partial charge is 0.444 e. The van der Waals surface area contributed by atoms with Crippen LogP contribution in [-0.2, 0) is 14.3 Å². The first-order valence-corrected chi connectivity index (χ1v) is 8.60. The lowest BCUT2D eigenvalue weighted by molar-refractivity contribution is -0.114. The van der Waals surface area contributed by atoms with Crippen LogP contribution in [0.15, 0.2) is 36.0 Å². The minimum absolute atomic E-state index is 0.122. The molecule has 1 rings (SSSR count). The van der Waals surface area contributed by atoms with E-state index in [-0.39, 0.29) is 18.0 Å².